The Kier molecular flexibility index (Phi) is 3.64. The van der Waals surface area contributed by atoms with Crippen molar-refractivity contribution in [3.8, 4) is 0 Å². The van der Waals surface area contributed by atoms with Gasteiger partial charge < -0.3 is 10.0 Å². The van der Waals surface area contributed by atoms with Crippen molar-refractivity contribution in [1.82, 2.24) is 4.90 Å². The molecule has 0 spiro atoms. The molecule has 1 aromatic rings. The van der Waals surface area contributed by atoms with Crippen molar-refractivity contribution in [3.63, 3.8) is 0 Å². The Labute approximate surface area is 96.9 Å². The van der Waals surface area contributed by atoms with Gasteiger partial charge in [-0.05, 0) is 43.9 Å². The Morgan fingerprint density at radius 2 is 1.69 bits per heavy atom. The van der Waals surface area contributed by atoms with Crippen molar-refractivity contribution < 1.29 is 10.0 Å². The highest BCUT2D eigenvalue weighted by Crippen LogP contribution is 2.23. The zero-order valence-electron chi connectivity index (χ0n) is 9.63. The summed E-state index contributed by atoms with van der Waals surface area (Å²) < 4.78 is 0. The fourth-order valence-corrected chi connectivity index (χ4v) is 2.29. The minimum absolute atomic E-state index is 0.424. The Hall–Kier alpha value is -0.835. The van der Waals surface area contributed by atoms with Crippen molar-refractivity contribution in [2.45, 2.75) is 25.8 Å². The number of hydrogen-bond donors (Lipinski definition) is 2. The molecule has 0 amide bonds. The smallest absolute Gasteiger partial charge is 0.423 e. The van der Waals surface area contributed by atoms with E-state index in [0.29, 0.717) is 11.5 Å². The number of likely N-dealkylation sites (tertiary alicyclic amines) is 1. The molecule has 16 heavy (non-hydrogen) atoms. The van der Waals surface area contributed by atoms with E-state index < -0.39 is 7.12 Å². The third-order valence-corrected chi connectivity index (χ3v) is 3.41. The third-order valence-electron chi connectivity index (χ3n) is 3.41. The topological polar surface area (TPSA) is 43.7 Å². The molecule has 1 atom stereocenters. The van der Waals surface area contributed by atoms with Crippen LogP contribution in [0.4, 0.5) is 0 Å². The first-order chi connectivity index (χ1) is 7.68. The Morgan fingerprint density at radius 3 is 2.19 bits per heavy atom. The molecular formula is C12H18BNO2. The van der Waals surface area contributed by atoms with E-state index in [2.05, 4.69) is 11.8 Å². The van der Waals surface area contributed by atoms with E-state index in [1.165, 1.54) is 31.5 Å². The van der Waals surface area contributed by atoms with Gasteiger partial charge >= 0.3 is 7.12 Å². The van der Waals surface area contributed by atoms with Crippen molar-refractivity contribution in [2.24, 2.45) is 0 Å². The molecule has 1 fully saturated rings. The molecular weight excluding hydrogens is 201 g/mol. The molecule has 1 aromatic carbocycles. The molecule has 0 unspecified atom stereocenters. The number of rotatable bonds is 3. The lowest BCUT2D eigenvalue weighted by Gasteiger charge is -2.24. The van der Waals surface area contributed by atoms with Crippen LogP contribution in [0.1, 0.15) is 31.4 Å². The van der Waals surface area contributed by atoms with Gasteiger partial charge in [0.15, 0.2) is 0 Å². The van der Waals surface area contributed by atoms with E-state index in [9.17, 15) is 0 Å². The summed E-state index contributed by atoms with van der Waals surface area (Å²) in [6.07, 6.45) is 2.58. The largest absolute Gasteiger partial charge is 0.488 e. The SMILES string of the molecule is C[C@@H](c1ccc(B(O)O)cc1)N1CCCC1. The molecule has 1 aliphatic heterocycles. The van der Waals surface area contributed by atoms with Crippen LogP contribution in [0.25, 0.3) is 0 Å². The van der Waals surface area contributed by atoms with Gasteiger partial charge in [0, 0.05) is 6.04 Å². The molecule has 2 rings (SSSR count). The predicted molar refractivity (Wildman–Crippen MR) is 65.5 cm³/mol. The molecule has 86 valence electrons. The quantitative estimate of drug-likeness (QED) is 0.728. The Bertz CT molecular complexity index is 333. The van der Waals surface area contributed by atoms with Crippen LogP contribution in [0, 0.1) is 0 Å². The van der Waals surface area contributed by atoms with Gasteiger partial charge in [0.1, 0.15) is 0 Å². The maximum absolute atomic E-state index is 9.01. The summed E-state index contributed by atoms with van der Waals surface area (Å²) in [5.74, 6) is 0. The lowest BCUT2D eigenvalue weighted by Crippen LogP contribution is -2.30. The van der Waals surface area contributed by atoms with E-state index in [4.69, 9.17) is 10.0 Å². The first kappa shape index (κ1) is 11.6. The second-order valence-electron chi connectivity index (χ2n) is 4.46. The van der Waals surface area contributed by atoms with Gasteiger partial charge in [0.05, 0.1) is 0 Å². The average Bonchev–Trinajstić information content (AvgIpc) is 2.81. The maximum Gasteiger partial charge on any atom is 0.488 e. The predicted octanol–water partition coefficient (Wildman–Crippen LogP) is 0.523. The fraction of sp³-hybridized carbons (Fsp3) is 0.500. The minimum Gasteiger partial charge on any atom is -0.423 e. The lowest BCUT2D eigenvalue weighted by atomic mass is 9.80. The second kappa shape index (κ2) is 5.00. The zero-order valence-corrected chi connectivity index (χ0v) is 9.63. The normalized spacial score (nSPS) is 18.7. The molecule has 2 N–H and O–H groups in total. The van der Waals surface area contributed by atoms with Crippen LogP contribution >= 0.6 is 0 Å². The first-order valence-electron chi connectivity index (χ1n) is 5.88. The Balaban J connectivity index is 2.08. The highest BCUT2D eigenvalue weighted by Gasteiger charge is 2.19. The summed E-state index contributed by atoms with van der Waals surface area (Å²) in [4.78, 5) is 2.46. The van der Waals surface area contributed by atoms with Crippen LogP contribution < -0.4 is 5.46 Å². The lowest BCUT2D eigenvalue weighted by molar-refractivity contribution is 0.263. The maximum atomic E-state index is 9.01. The van der Waals surface area contributed by atoms with Crippen molar-refractivity contribution in [3.05, 3.63) is 29.8 Å². The van der Waals surface area contributed by atoms with Gasteiger partial charge in [0.25, 0.3) is 0 Å². The van der Waals surface area contributed by atoms with Gasteiger partial charge in [0.2, 0.25) is 0 Å². The highest BCUT2D eigenvalue weighted by atomic mass is 16.4. The van der Waals surface area contributed by atoms with E-state index >= 15 is 0 Å². The van der Waals surface area contributed by atoms with Crippen LogP contribution in [-0.2, 0) is 0 Å². The Morgan fingerprint density at radius 1 is 1.12 bits per heavy atom. The van der Waals surface area contributed by atoms with Crippen LogP contribution in [0.2, 0.25) is 0 Å². The van der Waals surface area contributed by atoms with Crippen LogP contribution in [0.15, 0.2) is 24.3 Å². The van der Waals surface area contributed by atoms with Gasteiger partial charge in [-0.15, -0.1) is 0 Å². The van der Waals surface area contributed by atoms with Crippen molar-refractivity contribution >= 4 is 12.6 Å². The molecule has 0 aliphatic carbocycles. The first-order valence-corrected chi connectivity index (χ1v) is 5.88. The van der Waals surface area contributed by atoms with Crippen molar-refractivity contribution in [1.29, 1.82) is 0 Å². The summed E-state index contributed by atoms with van der Waals surface area (Å²) in [6.45, 7) is 4.55. The standard InChI is InChI=1S/C12H18BNO2/c1-10(14-8-2-3-9-14)11-4-6-12(7-5-11)13(15)16/h4-7,10,15-16H,2-3,8-9H2,1H3/t10-/m0/s1. The number of hydrogen-bond acceptors (Lipinski definition) is 3. The van der Waals surface area contributed by atoms with Crippen LogP contribution in [0.5, 0.6) is 0 Å². The molecule has 1 aliphatic rings. The summed E-state index contributed by atoms with van der Waals surface area (Å²) in [5.41, 5.74) is 1.80. The van der Waals surface area contributed by atoms with E-state index in [0.717, 1.165) is 0 Å². The number of benzene rings is 1. The van der Waals surface area contributed by atoms with Gasteiger partial charge in [-0.25, -0.2) is 0 Å². The van der Waals surface area contributed by atoms with E-state index in [1.807, 2.05) is 12.1 Å². The monoisotopic (exact) mass is 219 g/mol. The van der Waals surface area contributed by atoms with Gasteiger partial charge in [-0.3, -0.25) is 4.90 Å². The minimum atomic E-state index is -1.36. The van der Waals surface area contributed by atoms with Crippen LogP contribution in [0.3, 0.4) is 0 Å². The molecule has 0 aromatic heterocycles. The van der Waals surface area contributed by atoms with E-state index in [1.54, 1.807) is 12.1 Å². The molecule has 0 bridgehead atoms. The fourth-order valence-electron chi connectivity index (χ4n) is 2.29. The number of nitrogens with zero attached hydrogens (tertiary/aromatic N) is 1. The molecule has 3 nitrogen and oxygen atoms in total. The average molecular weight is 219 g/mol. The van der Waals surface area contributed by atoms with E-state index in [-0.39, 0.29) is 0 Å². The third kappa shape index (κ3) is 2.46. The molecule has 1 saturated heterocycles. The highest BCUT2D eigenvalue weighted by molar-refractivity contribution is 6.58. The molecule has 0 saturated carbocycles. The summed E-state index contributed by atoms with van der Waals surface area (Å²) in [6, 6.07) is 7.96. The van der Waals surface area contributed by atoms with Gasteiger partial charge in [-0.2, -0.15) is 0 Å². The molecule has 4 heteroatoms. The van der Waals surface area contributed by atoms with Crippen molar-refractivity contribution in [2.75, 3.05) is 13.1 Å². The molecule has 1 heterocycles. The van der Waals surface area contributed by atoms with Crippen LogP contribution in [-0.4, -0.2) is 35.2 Å². The summed E-state index contributed by atoms with van der Waals surface area (Å²) >= 11 is 0. The van der Waals surface area contributed by atoms with Gasteiger partial charge in [-0.1, -0.05) is 24.3 Å². The summed E-state index contributed by atoms with van der Waals surface area (Å²) in [5, 5.41) is 18.0. The second-order valence-corrected chi connectivity index (χ2v) is 4.46. The summed E-state index contributed by atoms with van der Waals surface area (Å²) in [7, 11) is -1.36. The zero-order chi connectivity index (χ0) is 11.5. The molecule has 0 radical (unpaired) electrons.